The van der Waals surface area contributed by atoms with Gasteiger partial charge in [-0.05, 0) is 30.7 Å². The summed E-state index contributed by atoms with van der Waals surface area (Å²) in [5.41, 5.74) is 2.42. The number of hydrogen-bond acceptors (Lipinski definition) is 3. The Labute approximate surface area is 109 Å². The molecule has 1 aliphatic carbocycles. The summed E-state index contributed by atoms with van der Waals surface area (Å²) in [6.07, 6.45) is 2.65. The second-order valence-corrected chi connectivity index (χ2v) is 5.78. The highest BCUT2D eigenvalue weighted by Gasteiger charge is 2.33. The fourth-order valence-electron chi connectivity index (χ4n) is 3.40. The van der Waals surface area contributed by atoms with Gasteiger partial charge >= 0.3 is 0 Å². The molecule has 3 heteroatoms. The smallest absolute Gasteiger partial charge is 0.218 e. The maximum Gasteiger partial charge on any atom is 0.218 e. The number of rotatable bonds is 1. The second kappa shape index (κ2) is 4.88. The first-order chi connectivity index (χ1) is 8.75. The molecule has 1 saturated carbocycles. The summed E-state index contributed by atoms with van der Waals surface area (Å²) in [6.45, 7) is 7.20. The minimum absolute atomic E-state index is 0.607. The van der Waals surface area contributed by atoms with Crippen LogP contribution in [-0.4, -0.2) is 18.1 Å². The Hall–Kier alpha value is -1.09. The monoisotopic (exact) mass is 246 g/mol. The van der Waals surface area contributed by atoms with Gasteiger partial charge in [0, 0.05) is 30.3 Å². The van der Waals surface area contributed by atoms with E-state index < -0.39 is 0 Å². The van der Waals surface area contributed by atoms with Gasteiger partial charge in [0.1, 0.15) is 6.61 Å². The first kappa shape index (κ1) is 12.0. The number of fused-ring (bicyclic) bond motifs is 1. The van der Waals surface area contributed by atoms with Gasteiger partial charge in [0.25, 0.3) is 0 Å². The van der Waals surface area contributed by atoms with Crippen LogP contribution in [0.5, 0.6) is 5.88 Å². The summed E-state index contributed by atoms with van der Waals surface area (Å²) in [5, 5.41) is 3.34. The highest BCUT2D eigenvalue weighted by Crippen LogP contribution is 2.43. The van der Waals surface area contributed by atoms with E-state index in [4.69, 9.17) is 9.72 Å². The second-order valence-electron chi connectivity index (χ2n) is 5.78. The van der Waals surface area contributed by atoms with E-state index in [1.807, 2.05) is 0 Å². The lowest BCUT2D eigenvalue weighted by atomic mass is 9.88. The molecule has 3 rings (SSSR count). The van der Waals surface area contributed by atoms with Crippen LogP contribution in [0.15, 0.2) is 12.1 Å². The largest absolute Gasteiger partial charge is 0.476 e. The van der Waals surface area contributed by atoms with Crippen LogP contribution in [0.1, 0.15) is 43.9 Å². The summed E-state index contributed by atoms with van der Waals surface area (Å²) in [5.74, 6) is 2.95. The Morgan fingerprint density at radius 2 is 2.00 bits per heavy atom. The maximum atomic E-state index is 5.75. The van der Waals surface area contributed by atoms with Crippen molar-refractivity contribution in [3.63, 3.8) is 0 Å². The van der Waals surface area contributed by atoms with Gasteiger partial charge in [0.2, 0.25) is 5.88 Å². The summed E-state index contributed by atoms with van der Waals surface area (Å²) in [7, 11) is 0. The zero-order chi connectivity index (χ0) is 12.5. The van der Waals surface area contributed by atoms with E-state index in [0.717, 1.165) is 37.4 Å². The topological polar surface area (TPSA) is 34.1 Å². The molecule has 2 aliphatic rings. The van der Waals surface area contributed by atoms with Crippen molar-refractivity contribution in [3.05, 3.63) is 23.4 Å². The molecule has 0 bridgehead atoms. The maximum absolute atomic E-state index is 5.75. The fourth-order valence-corrected chi connectivity index (χ4v) is 3.40. The van der Waals surface area contributed by atoms with E-state index in [9.17, 15) is 0 Å². The molecule has 98 valence electrons. The zero-order valence-electron chi connectivity index (χ0n) is 11.3. The molecule has 1 unspecified atom stereocenters. The predicted molar refractivity (Wildman–Crippen MR) is 71.7 cm³/mol. The van der Waals surface area contributed by atoms with Crippen LogP contribution < -0.4 is 10.1 Å². The Bertz CT molecular complexity index is 423. The van der Waals surface area contributed by atoms with Gasteiger partial charge in [-0.3, -0.25) is 0 Å². The molecule has 18 heavy (non-hydrogen) atoms. The molecule has 1 aromatic heterocycles. The van der Waals surface area contributed by atoms with Crippen molar-refractivity contribution < 1.29 is 4.74 Å². The Morgan fingerprint density at radius 3 is 2.78 bits per heavy atom. The average molecular weight is 246 g/mol. The quantitative estimate of drug-likeness (QED) is 0.827. The first-order valence-electron chi connectivity index (χ1n) is 7.09. The van der Waals surface area contributed by atoms with Gasteiger partial charge in [-0.1, -0.05) is 19.9 Å². The standard InChI is InChI=1S/C15H22N2O/c1-10-3-4-11(2)14(10)13-6-5-12-9-16-7-8-18-15(12)17-13/h5-6,10-11,14,16H,3-4,7-9H2,1-2H3/t10-,11+,14?. The molecule has 1 N–H and O–H groups in total. The van der Waals surface area contributed by atoms with Gasteiger partial charge in [0.15, 0.2) is 0 Å². The van der Waals surface area contributed by atoms with E-state index in [0.29, 0.717) is 5.92 Å². The van der Waals surface area contributed by atoms with Gasteiger partial charge in [-0.15, -0.1) is 0 Å². The van der Waals surface area contributed by atoms with Gasteiger partial charge < -0.3 is 10.1 Å². The normalized spacial score (nSPS) is 31.6. The predicted octanol–water partition coefficient (Wildman–Crippen LogP) is 2.71. The summed E-state index contributed by atoms with van der Waals surface area (Å²) in [6, 6.07) is 4.39. The third-order valence-electron chi connectivity index (χ3n) is 4.44. The lowest BCUT2D eigenvalue weighted by Crippen LogP contribution is -2.16. The van der Waals surface area contributed by atoms with Crippen molar-refractivity contribution in [2.45, 2.75) is 39.2 Å². The zero-order valence-corrected chi connectivity index (χ0v) is 11.3. The summed E-state index contributed by atoms with van der Waals surface area (Å²) < 4.78 is 5.75. The molecule has 0 spiro atoms. The molecule has 3 atom stereocenters. The SMILES string of the molecule is C[C@@H]1CC[C@H](C)C1c1ccc2c(n1)OCCNC2. The minimum atomic E-state index is 0.607. The van der Waals surface area contributed by atoms with Crippen molar-refractivity contribution in [1.82, 2.24) is 10.3 Å². The number of hydrogen-bond donors (Lipinski definition) is 1. The van der Waals surface area contributed by atoms with Crippen molar-refractivity contribution in [2.24, 2.45) is 11.8 Å². The van der Waals surface area contributed by atoms with E-state index in [1.54, 1.807) is 0 Å². The summed E-state index contributed by atoms with van der Waals surface area (Å²) >= 11 is 0. The molecule has 0 aromatic carbocycles. The molecular weight excluding hydrogens is 224 g/mol. The van der Waals surface area contributed by atoms with E-state index in [2.05, 4.69) is 31.3 Å². The Balaban J connectivity index is 1.91. The van der Waals surface area contributed by atoms with Gasteiger partial charge in [-0.25, -0.2) is 4.98 Å². The molecule has 0 radical (unpaired) electrons. The lowest BCUT2D eigenvalue weighted by molar-refractivity contribution is 0.310. The van der Waals surface area contributed by atoms with Crippen LogP contribution in [0.4, 0.5) is 0 Å². The number of aromatic nitrogens is 1. The van der Waals surface area contributed by atoms with E-state index in [1.165, 1.54) is 24.1 Å². The molecule has 3 nitrogen and oxygen atoms in total. The van der Waals surface area contributed by atoms with Crippen LogP contribution >= 0.6 is 0 Å². The Kier molecular flexibility index (Phi) is 3.25. The van der Waals surface area contributed by atoms with Crippen LogP contribution in [0.2, 0.25) is 0 Å². The number of nitrogens with zero attached hydrogens (tertiary/aromatic N) is 1. The highest BCUT2D eigenvalue weighted by atomic mass is 16.5. The first-order valence-corrected chi connectivity index (χ1v) is 7.09. The number of pyridine rings is 1. The molecule has 0 saturated heterocycles. The Morgan fingerprint density at radius 1 is 1.22 bits per heavy atom. The van der Waals surface area contributed by atoms with Crippen molar-refractivity contribution in [1.29, 1.82) is 0 Å². The van der Waals surface area contributed by atoms with Crippen molar-refractivity contribution >= 4 is 0 Å². The highest BCUT2D eigenvalue weighted by molar-refractivity contribution is 5.31. The van der Waals surface area contributed by atoms with E-state index >= 15 is 0 Å². The van der Waals surface area contributed by atoms with Crippen LogP contribution in [0, 0.1) is 11.8 Å². The summed E-state index contributed by atoms with van der Waals surface area (Å²) in [4.78, 5) is 4.79. The van der Waals surface area contributed by atoms with Crippen molar-refractivity contribution in [3.8, 4) is 5.88 Å². The average Bonchev–Trinajstić information content (AvgIpc) is 2.59. The number of ether oxygens (including phenoxy) is 1. The van der Waals surface area contributed by atoms with Crippen molar-refractivity contribution in [2.75, 3.05) is 13.2 Å². The molecule has 1 aliphatic heterocycles. The van der Waals surface area contributed by atoms with Gasteiger partial charge in [-0.2, -0.15) is 0 Å². The number of nitrogens with one attached hydrogen (secondary N) is 1. The van der Waals surface area contributed by atoms with Crippen LogP contribution in [0.25, 0.3) is 0 Å². The fraction of sp³-hybridized carbons (Fsp3) is 0.667. The lowest BCUT2D eigenvalue weighted by Gasteiger charge is -2.20. The molecule has 1 aromatic rings. The molecule has 1 fully saturated rings. The molecule has 0 amide bonds. The van der Waals surface area contributed by atoms with E-state index in [-0.39, 0.29) is 0 Å². The third-order valence-corrected chi connectivity index (χ3v) is 4.44. The van der Waals surface area contributed by atoms with Gasteiger partial charge in [0.05, 0.1) is 0 Å². The third kappa shape index (κ3) is 2.12. The molecule has 2 heterocycles. The minimum Gasteiger partial charge on any atom is -0.476 e. The van der Waals surface area contributed by atoms with Crippen LogP contribution in [0.3, 0.4) is 0 Å². The molecular formula is C15H22N2O. The van der Waals surface area contributed by atoms with Crippen LogP contribution in [-0.2, 0) is 6.54 Å².